The van der Waals surface area contributed by atoms with E-state index in [0.717, 1.165) is 43.6 Å². The van der Waals surface area contributed by atoms with Crippen molar-refractivity contribution in [3.05, 3.63) is 33.8 Å². The van der Waals surface area contributed by atoms with Gasteiger partial charge in [-0.15, -0.1) is 0 Å². The third-order valence-electron chi connectivity index (χ3n) is 5.60. The van der Waals surface area contributed by atoms with Gasteiger partial charge in [0.2, 0.25) is 5.91 Å². The molecule has 1 saturated carbocycles. The van der Waals surface area contributed by atoms with Gasteiger partial charge in [-0.2, -0.15) is 0 Å². The molecule has 1 N–H and O–H groups in total. The van der Waals surface area contributed by atoms with Crippen molar-refractivity contribution in [3.8, 4) is 0 Å². The van der Waals surface area contributed by atoms with Gasteiger partial charge in [-0.05, 0) is 56.5 Å². The predicted molar refractivity (Wildman–Crippen MR) is 104 cm³/mol. The highest BCUT2D eigenvalue weighted by Crippen LogP contribution is 2.29. The van der Waals surface area contributed by atoms with Gasteiger partial charge >= 0.3 is 0 Å². The second kappa shape index (κ2) is 8.59. The van der Waals surface area contributed by atoms with Gasteiger partial charge in [0.25, 0.3) is 0 Å². The van der Waals surface area contributed by atoms with E-state index in [0.29, 0.717) is 16.5 Å². The molecule has 1 aromatic rings. The highest BCUT2D eigenvalue weighted by atomic mass is 35.5. The summed E-state index contributed by atoms with van der Waals surface area (Å²) in [6.45, 7) is 2.10. The van der Waals surface area contributed by atoms with Crippen molar-refractivity contribution in [2.24, 2.45) is 5.16 Å². The van der Waals surface area contributed by atoms with Gasteiger partial charge < -0.3 is 10.1 Å². The number of halogens is 2. The van der Waals surface area contributed by atoms with Gasteiger partial charge in [0, 0.05) is 25.6 Å². The molecule has 2 unspecified atom stereocenters. The standard InChI is InChI=1S/C19H25Cl2N3O2/c1-23(19(25)11-13-4-6-15(20)16(21)10-13)17-7-5-14(22-26)12-18(17)24-8-2-3-9-24/h4,6,10,17-18,26H,2-3,5,7-9,11-12H2,1H3/b22-14-. The fourth-order valence-electron chi connectivity index (χ4n) is 4.11. The van der Waals surface area contributed by atoms with E-state index in [1.807, 2.05) is 18.0 Å². The lowest BCUT2D eigenvalue weighted by molar-refractivity contribution is -0.132. The zero-order valence-electron chi connectivity index (χ0n) is 15.0. The topological polar surface area (TPSA) is 56.1 Å². The normalized spacial score (nSPS) is 25.6. The molecule has 0 radical (unpaired) electrons. The van der Waals surface area contributed by atoms with Crippen molar-refractivity contribution in [2.75, 3.05) is 20.1 Å². The van der Waals surface area contributed by atoms with Gasteiger partial charge in [-0.3, -0.25) is 9.69 Å². The molecule has 1 heterocycles. The minimum absolute atomic E-state index is 0.0713. The lowest BCUT2D eigenvalue weighted by Crippen LogP contribution is -2.55. The molecule has 1 aliphatic heterocycles. The summed E-state index contributed by atoms with van der Waals surface area (Å²) in [6, 6.07) is 5.68. The summed E-state index contributed by atoms with van der Waals surface area (Å²) in [5.41, 5.74) is 1.70. The number of carbonyl (C=O) groups excluding carboxylic acids is 1. The summed E-state index contributed by atoms with van der Waals surface area (Å²) in [7, 11) is 1.88. The van der Waals surface area contributed by atoms with Crippen LogP contribution in [0.3, 0.4) is 0 Å². The Bertz CT molecular complexity index is 689. The van der Waals surface area contributed by atoms with Crippen LogP contribution in [-0.4, -0.2) is 58.8 Å². The van der Waals surface area contributed by atoms with Crippen molar-refractivity contribution in [3.63, 3.8) is 0 Å². The van der Waals surface area contributed by atoms with Gasteiger partial charge in [-0.1, -0.05) is 34.4 Å². The number of hydrogen-bond donors (Lipinski definition) is 1. The van der Waals surface area contributed by atoms with Gasteiger partial charge in [-0.25, -0.2) is 0 Å². The van der Waals surface area contributed by atoms with Crippen molar-refractivity contribution in [2.45, 2.75) is 50.6 Å². The monoisotopic (exact) mass is 397 g/mol. The summed E-state index contributed by atoms with van der Waals surface area (Å²) in [5.74, 6) is 0.0713. The van der Waals surface area contributed by atoms with E-state index in [4.69, 9.17) is 23.2 Å². The maximum Gasteiger partial charge on any atom is 0.227 e. The van der Waals surface area contributed by atoms with E-state index in [9.17, 15) is 10.0 Å². The highest BCUT2D eigenvalue weighted by Gasteiger charge is 2.37. The quantitative estimate of drug-likeness (QED) is 0.619. The smallest absolute Gasteiger partial charge is 0.227 e. The van der Waals surface area contributed by atoms with Crippen molar-refractivity contribution < 1.29 is 10.0 Å². The van der Waals surface area contributed by atoms with Crippen LogP contribution in [0.1, 0.15) is 37.7 Å². The summed E-state index contributed by atoms with van der Waals surface area (Å²) in [6.07, 6.45) is 4.97. The Hall–Kier alpha value is -1.30. The van der Waals surface area contributed by atoms with Gasteiger partial charge in [0.15, 0.2) is 0 Å². The van der Waals surface area contributed by atoms with E-state index < -0.39 is 0 Å². The average Bonchev–Trinajstić information content (AvgIpc) is 3.18. The number of hydrogen-bond acceptors (Lipinski definition) is 4. The fraction of sp³-hybridized carbons (Fsp3) is 0.579. The molecule has 1 saturated heterocycles. The molecule has 26 heavy (non-hydrogen) atoms. The van der Waals surface area contributed by atoms with Crippen LogP contribution in [0.25, 0.3) is 0 Å². The SMILES string of the molecule is CN(C(=O)Cc1ccc(Cl)c(Cl)c1)C1CC/C(=N/O)CC1N1CCCC1. The number of nitrogens with zero attached hydrogens (tertiary/aromatic N) is 3. The number of likely N-dealkylation sites (tertiary alicyclic amines) is 1. The van der Waals surface area contributed by atoms with Crippen LogP contribution in [0, 0.1) is 0 Å². The molecule has 1 aliphatic carbocycles. The Morgan fingerprint density at radius 2 is 2.04 bits per heavy atom. The third kappa shape index (κ3) is 4.33. The maximum atomic E-state index is 12.9. The summed E-state index contributed by atoms with van der Waals surface area (Å²) in [5, 5.41) is 13.6. The van der Waals surface area contributed by atoms with Gasteiger partial charge in [0.1, 0.15) is 0 Å². The van der Waals surface area contributed by atoms with Crippen molar-refractivity contribution >= 4 is 34.8 Å². The average molecular weight is 398 g/mol. The summed E-state index contributed by atoms with van der Waals surface area (Å²) in [4.78, 5) is 17.2. The third-order valence-corrected chi connectivity index (χ3v) is 6.34. The number of benzene rings is 1. The molecular formula is C19H25Cl2N3O2. The lowest BCUT2D eigenvalue weighted by atomic mass is 9.86. The molecule has 142 valence electrons. The first-order valence-corrected chi connectivity index (χ1v) is 9.88. The van der Waals surface area contributed by atoms with E-state index in [2.05, 4.69) is 10.1 Å². The van der Waals surface area contributed by atoms with Gasteiger partial charge in [0.05, 0.1) is 22.2 Å². The Kier molecular flexibility index (Phi) is 6.43. The zero-order valence-corrected chi connectivity index (χ0v) is 16.5. The van der Waals surface area contributed by atoms with Crippen LogP contribution >= 0.6 is 23.2 Å². The maximum absolute atomic E-state index is 12.9. The lowest BCUT2D eigenvalue weighted by Gasteiger charge is -2.42. The predicted octanol–water partition coefficient (Wildman–Crippen LogP) is 3.84. The Labute approximate surface area is 164 Å². The number of oxime groups is 1. The van der Waals surface area contributed by atoms with Crippen LogP contribution in [0.2, 0.25) is 10.0 Å². The molecular weight excluding hydrogens is 373 g/mol. The van der Waals surface area contributed by atoms with Crippen LogP contribution < -0.4 is 0 Å². The van der Waals surface area contributed by atoms with E-state index in [1.165, 1.54) is 12.8 Å². The first-order chi connectivity index (χ1) is 12.5. The highest BCUT2D eigenvalue weighted by molar-refractivity contribution is 6.42. The fourth-order valence-corrected chi connectivity index (χ4v) is 4.43. The number of rotatable bonds is 4. The molecule has 0 bridgehead atoms. The summed E-state index contributed by atoms with van der Waals surface area (Å²) >= 11 is 12.0. The minimum atomic E-state index is 0.0713. The number of likely N-dealkylation sites (N-methyl/N-ethyl adjacent to an activating group) is 1. The minimum Gasteiger partial charge on any atom is -0.411 e. The Balaban J connectivity index is 1.71. The molecule has 3 rings (SSSR count). The molecule has 0 spiro atoms. The van der Waals surface area contributed by atoms with Crippen LogP contribution in [0.4, 0.5) is 0 Å². The zero-order chi connectivity index (χ0) is 18.7. The summed E-state index contributed by atoms with van der Waals surface area (Å²) < 4.78 is 0. The molecule has 1 amide bonds. The van der Waals surface area contributed by atoms with Crippen molar-refractivity contribution in [1.82, 2.24) is 9.80 Å². The van der Waals surface area contributed by atoms with Crippen LogP contribution in [0.15, 0.2) is 23.4 Å². The molecule has 5 nitrogen and oxygen atoms in total. The molecule has 2 atom stereocenters. The molecule has 2 fully saturated rings. The second-order valence-corrected chi connectivity index (χ2v) is 8.03. The number of carbonyl (C=O) groups is 1. The Morgan fingerprint density at radius 1 is 1.31 bits per heavy atom. The second-order valence-electron chi connectivity index (χ2n) is 7.22. The Morgan fingerprint density at radius 3 is 2.69 bits per heavy atom. The van der Waals surface area contributed by atoms with E-state index >= 15 is 0 Å². The molecule has 0 aromatic heterocycles. The van der Waals surface area contributed by atoms with Crippen LogP contribution in [0.5, 0.6) is 0 Å². The first-order valence-electron chi connectivity index (χ1n) is 9.13. The van der Waals surface area contributed by atoms with Crippen molar-refractivity contribution in [1.29, 1.82) is 0 Å². The van der Waals surface area contributed by atoms with E-state index in [1.54, 1.807) is 12.1 Å². The molecule has 2 aliphatic rings. The molecule has 7 heteroatoms. The number of amides is 1. The molecule has 1 aromatic carbocycles. The van der Waals surface area contributed by atoms with Crippen LogP contribution in [-0.2, 0) is 11.2 Å². The largest absolute Gasteiger partial charge is 0.411 e. The first kappa shape index (κ1) is 19.5. The van der Waals surface area contributed by atoms with E-state index in [-0.39, 0.29) is 18.0 Å².